The molecule has 0 saturated heterocycles. The summed E-state index contributed by atoms with van der Waals surface area (Å²) >= 11 is 7.32. The quantitative estimate of drug-likeness (QED) is 0.398. The zero-order chi connectivity index (χ0) is 20.9. The van der Waals surface area contributed by atoms with Crippen LogP contribution < -0.4 is 10.1 Å². The molecule has 2 heterocycles. The average molecular weight is 438 g/mol. The molecule has 0 atom stereocenters. The number of aromatic nitrogens is 2. The fourth-order valence-electron chi connectivity index (χ4n) is 3.00. The Morgan fingerprint density at radius 1 is 1.17 bits per heavy atom. The van der Waals surface area contributed by atoms with Crippen molar-refractivity contribution >= 4 is 34.5 Å². The van der Waals surface area contributed by atoms with E-state index < -0.39 is 0 Å². The van der Waals surface area contributed by atoms with Crippen molar-refractivity contribution in [3.05, 3.63) is 99.0 Å². The lowest BCUT2D eigenvalue weighted by Crippen LogP contribution is -2.10. The molecule has 4 rings (SSSR count). The maximum absolute atomic E-state index is 12.7. The number of aryl methyl sites for hydroxylation is 1. The summed E-state index contributed by atoms with van der Waals surface area (Å²) < 4.78 is 7.62. The van der Waals surface area contributed by atoms with Crippen molar-refractivity contribution in [3.63, 3.8) is 0 Å². The predicted molar refractivity (Wildman–Crippen MR) is 121 cm³/mol. The molecule has 0 spiro atoms. The predicted octanol–water partition coefficient (Wildman–Crippen LogP) is 5.79. The topological polar surface area (TPSA) is 56.1 Å². The van der Waals surface area contributed by atoms with Crippen LogP contribution >= 0.6 is 22.9 Å². The number of benzene rings is 2. The molecule has 0 aliphatic heterocycles. The van der Waals surface area contributed by atoms with Gasteiger partial charge in [-0.25, -0.2) is 0 Å². The molecule has 0 aliphatic carbocycles. The van der Waals surface area contributed by atoms with Crippen LogP contribution in [0.4, 0.5) is 5.69 Å². The summed E-state index contributed by atoms with van der Waals surface area (Å²) in [5.74, 6) is 0.714. The lowest BCUT2D eigenvalue weighted by Gasteiger charge is -2.08. The third kappa shape index (κ3) is 5.09. The molecule has 30 heavy (non-hydrogen) atoms. The zero-order valence-electron chi connectivity index (χ0n) is 16.3. The molecule has 4 aromatic rings. The fraction of sp³-hybridized carbons (Fsp3) is 0.130. The van der Waals surface area contributed by atoms with E-state index in [1.165, 1.54) is 11.3 Å². The van der Waals surface area contributed by atoms with Gasteiger partial charge in [0.15, 0.2) is 0 Å². The summed E-state index contributed by atoms with van der Waals surface area (Å²) in [6.45, 7) is 3.02. The fourth-order valence-corrected chi connectivity index (χ4v) is 3.95. The van der Waals surface area contributed by atoms with E-state index >= 15 is 0 Å². The molecule has 2 aromatic carbocycles. The molecule has 5 nitrogen and oxygen atoms in total. The van der Waals surface area contributed by atoms with E-state index in [2.05, 4.69) is 10.4 Å². The van der Waals surface area contributed by atoms with Crippen LogP contribution in [-0.4, -0.2) is 15.7 Å². The van der Waals surface area contributed by atoms with Gasteiger partial charge < -0.3 is 10.1 Å². The van der Waals surface area contributed by atoms with Gasteiger partial charge >= 0.3 is 0 Å². The molecule has 7 heteroatoms. The van der Waals surface area contributed by atoms with E-state index in [0.717, 1.165) is 28.1 Å². The van der Waals surface area contributed by atoms with Gasteiger partial charge in [0.1, 0.15) is 12.4 Å². The number of carbonyl (C=O) groups excluding carboxylic acids is 1. The molecule has 0 saturated carbocycles. The van der Waals surface area contributed by atoms with Crippen LogP contribution in [-0.2, 0) is 13.2 Å². The Labute approximate surface area is 183 Å². The number of amides is 1. The first kappa shape index (κ1) is 20.2. The largest absolute Gasteiger partial charge is 0.489 e. The third-order valence-electron chi connectivity index (χ3n) is 4.50. The number of ether oxygens (including phenoxy) is 1. The summed E-state index contributed by atoms with van der Waals surface area (Å²) in [5.41, 5.74) is 3.81. The van der Waals surface area contributed by atoms with E-state index in [4.69, 9.17) is 16.3 Å². The molecule has 0 fully saturated rings. The van der Waals surface area contributed by atoms with Crippen LogP contribution in [0.3, 0.4) is 0 Å². The Bertz CT molecular complexity index is 1170. The number of thiophene rings is 1. The van der Waals surface area contributed by atoms with E-state index in [9.17, 15) is 4.79 Å². The van der Waals surface area contributed by atoms with Crippen molar-refractivity contribution in [1.29, 1.82) is 0 Å². The normalized spacial score (nSPS) is 10.7. The molecule has 2 aromatic heterocycles. The van der Waals surface area contributed by atoms with Gasteiger partial charge in [0, 0.05) is 17.4 Å². The molecule has 0 bridgehead atoms. The minimum atomic E-state index is -0.138. The molecule has 0 unspecified atom stereocenters. The van der Waals surface area contributed by atoms with E-state index in [1.807, 2.05) is 66.9 Å². The number of nitrogens with one attached hydrogen (secondary N) is 1. The third-order valence-corrected chi connectivity index (χ3v) is 5.67. The number of halogens is 1. The second-order valence-electron chi connectivity index (χ2n) is 6.88. The first-order valence-electron chi connectivity index (χ1n) is 9.41. The van der Waals surface area contributed by atoms with Crippen molar-refractivity contribution in [2.45, 2.75) is 20.1 Å². The Hall–Kier alpha value is -3.09. The van der Waals surface area contributed by atoms with Crippen molar-refractivity contribution < 1.29 is 9.53 Å². The second kappa shape index (κ2) is 9.15. The van der Waals surface area contributed by atoms with Gasteiger partial charge in [-0.05, 0) is 47.7 Å². The van der Waals surface area contributed by atoms with Gasteiger partial charge in [0.05, 0.1) is 22.6 Å². The molecule has 1 N–H and O–H groups in total. The highest BCUT2D eigenvalue weighted by atomic mass is 35.5. The van der Waals surface area contributed by atoms with Crippen LogP contribution in [0.2, 0.25) is 5.02 Å². The first-order chi connectivity index (χ1) is 14.6. The van der Waals surface area contributed by atoms with Gasteiger partial charge in [-0.15, -0.1) is 11.3 Å². The smallest absolute Gasteiger partial charge is 0.265 e. The molecule has 0 aliphatic rings. The van der Waals surface area contributed by atoms with E-state index in [1.54, 1.807) is 17.1 Å². The Morgan fingerprint density at radius 3 is 2.83 bits per heavy atom. The standard InChI is InChI=1S/C23H20ClN3O2S/c1-16-5-2-3-8-21(16)29-14-18-10-22(30-15-18)23(28)26-20-7-4-6-17(9-20)12-27-13-19(24)11-25-27/h2-11,13,15H,12,14H2,1H3,(H,26,28). The maximum Gasteiger partial charge on any atom is 0.265 e. The van der Waals surface area contributed by atoms with Crippen molar-refractivity contribution in [2.24, 2.45) is 0 Å². The molecule has 0 radical (unpaired) electrons. The number of rotatable bonds is 7. The second-order valence-corrected chi connectivity index (χ2v) is 8.23. The molecule has 1 amide bonds. The SMILES string of the molecule is Cc1ccccc1OCc1csc(C(=O)Nc2cccc(Cn3cc(Cl)cn3)c2)c1. The summed E-state index contributed by atoms with van der Waals surface area (Å²) in [6.07, 6.45) is 3.36. The summed E-state index contributed by atoms with van der Waals surface area (Å²) in [6, 6.07) is 17.4. The van der Waals surface area contributed by atoms with Crippen LogP contribution in [0, 0.1) is 6.92 Å². The minimum absolute atomic E-state index is 0.138. The number of hydrogen-bond donors (Lipinski definition) is 1. The summed E-state index contributed by atoms with van der Waals surface area (Å²) in [4.78, 5) is 13.3. The highest BCUT2D eigenvalue weighted by molar-refractivity contribution is 7.12. The number of anilines is 1. The number of hydrogen-bond acceptors (Lipinski definition) is 4. The summed E-state index contributed by atoms with van der Waals surface area (Å²) in [5, 5.41) is 9.69. The number of carbonyl (C=O) groups is 1. The van der Waals surface area contributed by atoms with E-state index in [-0.39, 0.29) is 5.91 Å². The Balaban J connectivity index is 1.37. The summed E-state index contributed by atoms with van der Waals surface area (Å²) in [7, 11) is 0. The molecule has 152 valence electrons. The number of para-hydroxylation sites is 1. The highest BCUT2D eigenvalue weighted by Gasteiger charge is 2.11. The van der Waals surface area contributed by atoms with Crippen molar-refractivity contribution in [1.82, 2.24) is 9.78 Å². The van der Waals surface area contributed by atoms with Crippen LogP contribution in [0.1, 0.15) is 26.4 Å². The van der Waals surface area contributed by atoms with Crippen LogP contribution in [0.5, 0.6) is 5.75 Å². The first-order valence-corrected chi connectivity index (χ1v) is 10.7. The monoisotopic (exact) mass is 437 g/mol. The van der Waals surface area contributed by atoms with Gasteiger partial charge in [0.2, 0.25) is 0 Å². The van der Waals surface area contributed by atoms with Crippen LogP contribution in [0.25, 0.3) is 0 Å². The van der Waals surface area contributed by atoms with Crippen molar-refractivity contribution in [3.8, 4) is 5.75 Å². The number of nitrogens with zero attached hydrogens (tertiary/aromatic N) is 2. The van der Waals surface area contributed by atoms with Crippen molar-refractivity contribution in [2.75, 3.05) is 5.32 Å². The molecular weight excluding hydrogens is 418 g/mol. The lowest BCUT2D eigenvalue weighted by atomic mass is 10.2. The van der Waals surface area contributed by atoms with Gasteiger partial charge in [0.25, 0.3) is 5.91 Å². The Morgan fingerprint density at radius 2 is 2.03 bits per heavy atom. The van der Waals surface area contributed by atoms with Gasteiger partial charge in [-0.3, -0.25) is 9.48 Å². The minimum Gasteiger partial charge on any atom is -0.489 e. The average Bonchev–Trinajstić information content (AvgIpc) is 3.37. The lowest BCUT2D eigenvalue weighted by molar-refractivity contribution is 0.103. The van der Waals surface area contributed by atoms with Crippen LogP contribution in [0.15, 0.2) is 72.4 Å². The zero-order valence-corrected chi connectivity index (χ0v) is 17.9. The van der Waals surface area contributed by atoms with Gasteiger partial charge in [-0.2, -0.15) is 5.10 Å². The van der Waals surface area contributed by atoms with Gasteiger partial charge in [-0.1, -0.05) is 41.9 Å². The van der Waals surface area contributed by atoms with E-state index in [0.29, 0.717) is 23.1 Å². The maximum atomic E-state index is 12.7. The molecular formula is C23H20ClN3O2S. The highest BCUT2D eigenvalue weighted by Crippen LogP contribution is 2.22. The Kier molecular flexibility index (Phi) is 6.16.